The van der Waals surface area contributed by atoms with Gasteiger partial charge < -0.3 is 103 Å². The number of benzene rings is 3. The Morgan fingerprint density at radius 3 is 1.65 bits per heavy atom. The van der Waals surface area contributed by atoms with Crippen LogP contribution in [0.25, 0.3) is 11.3 Å². The van der Waals surface area contributed by atoms with E-state index in [9.17, 15) is 93.0 Å². The van der Waals surface area contributed by atoms with Crippen molar-refractivity contribution in [3.05, 3.63) is 93.7 Å². The Labute approximate surface area is 748 Å². The number of hydrogen-bond donors (Lipinski definition) is 16. The number of carbonyl (C=O) groups is 13. The van der Waals surface area contributed by atoms with Gasteiger partial charge in [0.15, 0.2) is 5.11 Å². The summed E-state index contributed by atoms with van der Waals surface area (Å²) in [7, 11) is 0. The van der Waals surface area contributed by atoms with E-state index in [2.05, 4.69) is 80.8 Å². The molecule has 1 aliphatic rings. The third-order valence-corrected chi connectivity index (χ3v) is 20.4. The molecule has 1 fully saturated rings. The summed E-state index contributed by atoms with van der Waals surface area (Å²) in [4.78, 5) is 182. The number of aromatic nitrogens is 3. The van der Waals surface area contributed by atoms with Crippen molar-refractivity contribution in [1.29, 1.82) is 0 Å². The maximum atomic E-state index is 13.8. The van der Waals surface area contributed by atoms with Crippen molar-refractivity contribution in [2.24, 2.45) is 5.92 Å². The lowest BCUT2D eigenvalue weighted by atomic mass is 9.94. The molecule has 44 heteroatoms. The molecule has 1 aliphatic heterocycles. The summed E-state index contributed by atoms with van der Waals surface area (Å²) in [6, 6.07) is 18.2. The molecule has 4 atom stereocenters. The number of Topliss-reactive ketones (excluding diaryl/α,β-unsaturated/α-hetero) is 1. The number of anilines is 2. The van der Waals surface area contributed by atoms with Gasteiger partial charge in [0.05, 0.1) is 97.5 Å². The molecule has 1 aromatic heterocycles. The van der Waals surface area contributed by atoms with Crippen molar-refractivity contribution in [2.45, 2.75) is 140 Å². The molecule has 16 N–H and O–H groups in total. The average Bonchev–Trinajstić information content (AvgIpc) is 1.64. The fourth-order valence-electron chi connectivity index (χ4n) is 13.1. The number of ether oxygens (including phenoxy) is 4. The van der Waals surface area contributed by atoms with Crippen molar-refractivity contribution in [3.63, 3.8) is 0 Å². The number of carboxylic acids is 7. The second-order valence-electron chi connectivity index (χ2n) is 29.4. The molecule has 696 valence electrons. The van der Waals surface area contributed by atoms with Crippen LogP contribution in [-0.4, -0.2) is 335 Å². The lowest BCUT2D eigenvalue weighted by molar-refractivity contribution is -0.192. The molecule has 2 heterocycles. The summed E-state index contributed by atoms with van der Waals surface area (Å²) in [5.74, 6) is -9.74. The summed E-state index contributed by atoms with van der Waals surface area (Å²) in [5.41, 5.74) is 4.35. The zero-order chi connectivity index (χ0) is 92.2. The lowest BCUT2D eigenvalue weighted by Gasteiger charge is -2.37. The van der Waals surface area contributed by atoms with Gasteiger partial charge in [-0.25, -0.2) is 23.9 Å². The number of amides is 7. The Bertz CT molecular complexity index is 4070. The fraction of sp³-hybridized carbons (Fsp3) is 0.573. The number of carbonyl (C=O) groups excluding carboxylic acids is 8. The molecule has 1 saturated heterocycles. The minimum atomic E-state index is -1.23. The number of nitrogens with one attached hydrogen (secondary N) is 9. The molecule has 0 aliphatic carbocycles. The van der Waals surface area contributed by atoms with Crippen LogP contribution in [0.2, 0.25) is 0 Å². The highest BCUT2D eigenvalue weighted by molar-refractivity contribution is 14.1. The number of ketones is 1. The summed E-state index contributed by atoms with van der Waals surface area (Å²) < 4.78 is 25.6. The lowest BCUT2D eigenvalue weighted by Crippen LogP contribution is -2.53. The van der Waals surface area contributed by atoms with Crippen molar-refractivity contribution in [1.82, 2.24) is 71.8 Å². The van der Waals surface area contributed by atoms with Crippen LogP contribution in [-0.2, 0) is 101 Å². The summed E-state index contributed by atoms with van der Waals surface area (Å²) in [5, 5.41) is 101. The summed E-state index contributed by atoms with van der Waals surface area (Å²) in [6.45, 7) is 1.92. The summed E-state index contributed by atoms with van der Waals surface area (Å²) >= 11 is 7.88. The molecule has 4 aromatic rings. The monoisotopic (exact) mass is 1900 g/mol. The van der Waals surface area contributed by atoms with E-state index in [0.717, 1.165) is 21.1 Å². The van der Waals surface area contributed by atoms with Crippen molar-refractivity contribution < 1.29 is 127 Å². The second kappa shape index (κ2) is 64.0. The van der Waals surface area contributed by atoms with E-state index in [-0.39, 0.29) is 212 Å². The highest BCUT2D eigenvalue weighted by Gasteiger charge is 2.29. The molecule has 0 saturated carbocycles. The van der Waals surface area contributed by atoms with Crippen LogP contribution in [0.1, 0.15) is 114 Å². The zero-order valence-corrected chi connectivity index (χ0v) is 73.5. The topological polar surface area (TPSA) is 587 Å². The average molecular weight is 1900 g/mol. The standard InChI is InChI=1S/C81H119IN16O24S.CO2/c82-61-22-18-57(19-23-61)10-7-16-69(100)83-28-5-2-14-66(77(113)114)91-70(101)27-41-120-44-46-121-42-32-84-76(112)60(11-1-4-30-87-81(123)90-62-24-20-58(21-25-62)48-64-52-96(55-74(108)109)36-35-94(53-72(104)105)33-34-95(54-73(106)107)37-38-97(64)56-75(110)111)50-65(99)26-40-119-45-47-122-43-39-98-68(51-88-93-98)59-12-8-13-63(49-59)89-79(117)85-29-6-3-15-67(78(115)116)92-80(118)86-31-9-17-71(102)103;2-1-3/h8,12-13,18-25,49,51,60,64,66-67H,1-7,9-11,14-17,26-48,50,52-56H2,(H,83,100)(H,84,112)(H,91,101)(H,102,103)(H,104,105)(H,106,107)(H,108,109)(H,110,111)(H,113,114)(H,115,116)(H2,85,89,117)(H2,86,92,118)(H2,87,90,123);/t60-,64?,66+,67+;/m1./s1. The molecule has 5 rings (SSSR count). The number of urea groups is 2. The summed E-state index contributed by atoms with van der Waals surface area (Å²) in [6.07, 6.45) is 7.30. The number of unbranched alkanes of at least 4 members (excludes halogenated alkanes) is 3. The van der Waals surface area contributed by atoms with Gasteiger partial charge in [0.2, 0.25) is 17.7 Å². The van der Waals surface area contributed by atoms with Gasteiger partial charge in [0.25, 0.3) is 0 Å². The first kappa shape index (κ1) is 108. The zero-order valence-electron chi connectivity index (χ0n) is 70.5. The Morgan fingerprint density at radius 2 is 1.03 bits per heavy atom. The Balaban J connectivity index is 0.0000109. The Morgan fingerprint density at radius 1 is 0.492 bits per heavy atom. The predicted octanol–water partition coefficient (Wildman–Crippen LogP) is 2.92. The van der Waals surface area contributed by atoms with E-state index in [4.69, 9.17) is 45.9 Å². The fourth-order valence-corrected chi connectivity index (χ4v) is 13.6. The van der Waals surface area contributed by atoms with Crippen LogP contribution in [0.4, 0.5) is 21.0 Å². The van der Waals surface area contributed by atoms with E-state index < -0.39 is 96.9 Å². The van der Waals surface area contributed by atoms with Crippen molar-refractivity contribution in [2.75, 3.05) is 168 Å². The van der Waals surface area contributed by atoms with E-state index in [1.54, 1.807) is 60.8 Å². The first-order valence-electron chi connectivity index (χ1n) is 41.6. The number of thiocarbonyl (C=S) groups is 1. The Kier molecular flexibility index (Phi) is 54.6. The number of rotatable bonds is 61. The molecule has 42 nitrogen and oxygen atoms in total. The van der Waals surface area contributed by atoms with Crippen LogP contribution in [0.15, 0.2) is 79.0 Å². The molecular weight excluding hydrogens is 1780 g/mol. The quantitative estimate of drug-likeness (QED) is 0.0172. The molecule has 7 amide bonds. The van der Waals surface area contributed by atoms with Gasteiger partial charge in [-0.15, -0.1) is 5.10 Å². The third-order valence-electron chi connectivity index (χ3n) is 19.5. The number of carboxylic acid groups (broad SMARTS) is 7. The van der Waals surface area contributed by atoms with E-state index in [1.165, 1.54) is 0 Å². The molecule has 0 radical (unpaired) electrons. The maximum Gasteiger partial charge on any atom is 0.373 e. The maximum absolute atomic E-state index is 13.8. The molecule has 1 unspecified atom stereocenters. The van der Waals surface area contributed by atoms with Gasteiger partial charge in [-0.3, -0.25) is 62.8 Å². The minimum absolute atomic E-state index is 0.00268. The van der Waals surface area contributed by atoms with Gasteiger partial charge in [-0.1, -0.05) is 48.0 Å². The normalized spacial score (nSPS) is 14.1. The molecule has 126 heavy (non-hydrogen) atoms. The van der Waals surface area contributed by atoms with Crippen molar-refractivity contribution >= 4 is 135 Å². The van der Waals surface area contributed by atoms with Gasteiger partial charge in [0, 0.05) is 143 Å². The first-order chi connectivity index (χ1) is 60.5. The Hall–Kier alpha value is -10.8. The highest BCUT2D eigenvalue weighted by atomic mass is 127. The highest BCUT2D eigenvalue weighted by Crippen LogP contribution is 2.23. The van der Waals surface area contributed by atoms with Gasteiger partial charge in [-0.05, 0) is 159 Å². The number of halogens is 1. The van der Waals surface area contributed by atoms with Crippen LogP contribution < -0.4 is 47.9 Å². The van der Waals surface area contributed by atoms with Gasteiger partial charge in [-0.2, -0.15) is 9.59 Å². The predicted molar refractivity (Wildman–Crippen MR) is 467 cm³/mol. The smallest absolute Gasteiger partial charge is 0.373 e. The van der Waals surface area contributed by atoms with Crippen LogP contribution in [0.3, 0.4) is 0 Å². The van der Waals surface area contributed by atoms with Crippen LogP contribution in [0, 0.1) is 9.49 Å². The van der Waals surface area contributed by atoms with E-state index in [1.807, 2.05) is 42.5 Å². The van der Waals surface area contributed by atoms with Crippen LogP contribution >= 0.6 is 34.8 Å². The molecular formula is C82H119IN16O26S. The first-order valence-corrected chi connectivity index (χ1v) is 43.1. The third kappa shape index (κ3) is 50.4. The largest absolute Gasteiger partial charge is 0.481 e. The van der Waals surface area contributed by atoms with E-state index >= 15 is 0 Å². The SMILES string of the molecule is O=C(O)CCCNC(=O)N[C@@H](CCCCNC(=O)Nc1cccc(-c2cnnn2CCOCCOCCC(=O)C[C@@H](CCCCNC(=S)Nc2ccc(CC3CN(CC(=O)O)CCN(CC(=O)O)CCN(CC(=O)O)CCN3CC(=O)O)cc2)C(=O)NCCOCCOCCC(=O)N[C@@H](CCCCNC(=O)CCCc2ccc(I)cc2)C(=O)O)c1)C(=O)O.O=C=O. The molecule has 3 aromatic carbocycles. The molecule has 0 spiro atoms. The number of hydrogen-bond acceptors (Lipinski definition) is 26. The van der Waals surface area contributed by atoms with Gasteiger partial charge in [0.1, 0.15) is 17.9 Å². The number of aryl methyl sites for hydroxylation is 1. The van der Waals surface area contributed by atoms with Crippen molar-refractivity contribution in [3.8, 4) is 11.3 Å². The van der Waals surface area contributed by atoms with Crippen LogP contribution in [0.5, 0.6) is 0 Å². The number of nitrogens with zero attached hydrogens (tertiary/aromatic N) is 7. The second-order valence-corrected chi connectivity index (χ2v) is 31.1. The van der Waals surface area contributed by atoms with Gasteiger partial charge >= 0.3 is 60.0 Å². The number of aliphatic carboxylic acids is 7. The molecule has 0 bridgehead atoms. The minimum Gasteiger partial charge on any atom is -0.481 e. The van der Waals surface area contributed by atoms with E-state index in [0.29, 0.717) is 100 Å².